The number of rotatable bonds is 5. The lowest BCUT2D eigenvalue weighted by molar-refractivity contribution is 0.236. The smallest absolute Gasteiger partial charge is 0.119 e. The van der Waals surface area contributed by atoms with Gasteiger partial charge in [0.05, 0.1) is 11.6 Å². The highest BCUT2D eigenvalue weighted by molar-refractivity contribution is 7.80. The molecule has 0 fully saturated rings. The van der Waals surface area contributed by atoms with E-state index in [2.05, 4.69) is 19.1 Å². The van der Waals surface area contributed by atoms with Gasteiger partial charge in [-0.2, -0.15) is 0 Å². The molecule has 0 saturated carbocycles. The molecule has 1 aromatic rings. The van der Waals surface area contributed by atoms with E-state index < -0.39 is 0 Å². The van der Waals surface area contributed by atoms with Crippen molar-refractivity contribution in [2.45, 2.75) is 27.2 Å². The topological polar surface area (TPSA) is 35.2 Å². The summed E-state index contributed by atoms with van der Waals surface area (Å²) in [6.07, 6.45) is 1.04. The van der Waals surface area contributed by atoms with Crippen molar-refractivity contribution in [2.24, 2.45) is 11.1 Å². The zero-order valence-corrected chi connectivity index (χ0v) is 10.9. The molecule has 1 rings (SSSR count). The highest BCUT2D eigenvalue weighted by atomic mass is 32.1. The lowest BCUT2D eigenvalue weighted by Crippen LogP contribution is -2.35. The van der Waals surface area contributed by atoms with Crippen molar-refractivity contribution in [3.8, 4) is 5.75 Å². The van der Waals surface area contributed by atoms with E-state index in [0.29, 0.717) is 11.6 Å². The Balaban J connectivity index is 2.58. The maximum absolute atomic E-state index is 5.66. The lowest BCUT2D eigenvalue weighted by Gasteiger charge is -2.23. The van der Waals surface area contributed by atoms with E-state index in [4.69, 9.17) is 22.7 Å². The minimum Gasteiger partial charge on any atom is -0.493 e. The molecular weight excluding hydrogens is 218 g/mol. The Hall–Kier alpha value is -1.09. The van der Waals surface area contributed by atoms with Gasteiger partial charge in [0.2, 0.25) is 0 Å². The third-order valence-electron chi connectivity index (χ3n) is 2.60. The van der Waals surface area contributed by atoms with E-state index in [9.17, 15) is 0 Å². The van der Waals surface area contributed by atoms with Crippen LogP contribution in [0.3, 0.4) is 0 Å². The molecule has 16 heavy (non-hydrogen) atoms. The fraction of sp³-hybridized carbons (Fsp3) is 0.462. The molecular formula is C13H19NOS. The molecule has 0 aliphatic carbocycles. The van der Waals surface area contributed by atoms with Crippen molar-refractivity contribution in [2.75, 3.05) is 6.61 Å². The summed E-state index contributed by atoms with van der Waals surface area (Å²) >= 11 is 4.98. The third-order valence-corrected chi connectivity index (χ3v) is 3.15. The normalized spacial score (nSPS) is 11.2. The van der Waals surface area contributed by atoms with Crippen LogP contribution in [0.15, 0.2) is 24.3 Å². The maximum atomic E-state index is 5.66. The molecule has 0 aliphatic rings. The molecule has 0 aliphatic heterocycles. The number of hydrogen-bond donors (Lipinski definition) is 1. The fourth-order valence-corrected chi connectivity index (χ4v) is 1.22. The number of aryl methyl sites for hydroxylation is 1. The van der Waals surface area contributed by atoms with Gasteiger partial charge in [-0.25, -0.2) is 0 Å². The predicted octanol–water partition coefficient (Wildman–Crippen LogP) is 2.94. The Morgan fingerprint density at radius 2 is 1.88 bits per heavy atom. The van der Waals surface area contributed by atoms with Crippen molar-refractivity contribution < 1.29 is 4.74 Å². The van der Waals surface area contributed by atoms with Crippen LogP contribution < -0.4 is 10.5 Å². The number of ether oxygens (including phenoxy) is 1. The van der Waals surface area contributed by atoms with Gasteiger partial charge in [0.1, 0.15) is 5.75 Å². The Morgan fingerprint density at radius 3 is 2.31 bits per heavy atom. The molecule has 0 saturated heterocycles. The highest BCUT2D eigenvalue weighted by Crippen LogP contribution is 2.19. The molecule has 0 amide bonds. The third kappa shape index (κ3) is 3.49. The van der Waals surface area contributed by atoms with Crippen LogP contribution in [0.25, 0.3) is 0 Å². The molecule has 0 heterocycles. The van der Waals surface area contributed by atoms with Crippen molar-refractivity contribution in [3.63, 3.8) is 0 Å². The second-order valence-electron chi connectivity index (χ2n) is 4.53. The quantitative estimate of drug-likeness (QED) is 0.800. The minimum absolute atomic E-state index is 0.265. The molecule has 0 spiro atoms. The van der Waals surface area contributed by atoms with Crippen LogP contribution in [-0.2, 0) is 6.42 Å². The zero-order valence-electron chi connectivity index (χ0n) is 10.1. The van der Waals surface area contributed by atoms with E-state index in [0.717, 1.165) is 12.2 Å². The Labute approximate surface area is 103 Å². The second kappa shape index (κ2) is 5.30. The van der Waals surface area contributed by atoms with Gasteiger partial charge in [0.25, 0.3) is 0 Å². The van der Waals surface area contributed by atoms with Crippen LogP contribution in [0.1, 0.15) is 26.3 Å². The molecule has 1 aromatic carbocycles. The van der Waals surface area contributed by atoms with Crippen LogP contribution in [0.2, 0.25) is 0 Å². The van der Waals surface area contributed by atoms with Gasteiger partial charge in [-0.1, -0.05) is 45.1 Å². The number of nitrogens with two attached hydrogens (primary N) is 1. The summed E-state index contributed by atoms with van der Waals surface area (Å²) in [7, 11) is 0. The molecule has 0 unspecified atom stereocenters. The number of thiocarbonyl (C=S) groups is 1. The monoisotopic (exact) mass is 237 g/mol. The van der Waals surface area contributed by atoms with E-state index in [1.807, 2.05) is 26.0 Å². The SMILES string of the molecule is CCc1ccc(OCC(C)(C)C(N)=S)cc1. The lowest BCUT2D eigenvalue weighted by atomic mass is 9.95. The predicted molar refractivity (Wildman–Crippen MR) is 71.9 cm³/mol. The first kappa shape index (κ1) is 13.0. The average molecular weight is 237 g/mol. The minimum atomic E-state index is -0.265. The van der Waals surface area contributed by atoms with Crippen molar-refractivity contribution in [3.05, 3.63) is 29.8 Å². The number of benzene rings is 1. The Bertz CT molecular complexity index is 357. The molecule has 0 radical (unpaired) electrons. The molecule has 88 valence electrons. The van der Waals surface area contributed by atoms with E-state index in [-0.39, 0.29) is 5.41 Å². The summed E-state index contributed by atoms with van der Waals surface area (Å²) < 4.78 is 5.66. The second-order valence-corrected chi connectivity index (χ2v) is 4.97. The molecule has 3 heteroatoms. The van der Waals surface area contributed by atoms with Gasteiger partial charge < -0.3 is 10.5 Å². The van der Waals surface area contributed by atoms with Gasteiger partial charge >= 0.3 is 0 Å². The molecule has 2 N–H and O–H groups in total. The van der Waals surface area contributed by atoms with Gasteiger partial charge in [-0.3, -0.25) is 0 Å². The van der Waals surface area contributed by atoms with E-state index in [1.165, 1.54) is 5.56 Å². The molecule has 0 atom stereocenters. The van der Waals surface area contributed by atoms with Crippen LogP contribution in [0, 0.1) is 5.41 Å². The number of hydrogen-bond acceptors (Lipinski definition) is 2. The highest BCUT2D eigenvalue weighted by Gasteiger charge is 2.22. The van der Waals surface area contributed by atoms with Crippen LogP contribution in [-0.4, -0.2) is 11.6 Å². The first-order valence-electron chi connectivity index (χ1n) is 5.47. The fourth-order valence-electron chi connectivity index (χ4n) is 1.16. The summed E-state index contributed by atoms with van der Waals surface area (Å²) in [5.41, 5.74) is 6.67. The van der Waals surface area contributed by atoms with E-state index in [1.54, 1.807) is 0 Å². The summed E-state index contributed by atoms with van der Waals surface area (Å²) in [6.45, 7) is 6.60. The molecule has 0 bridgehead atoms. The largest absolute Gasteiger partial charge is 0.493 e. The van der Waals surface area contributed by atoms with Crippen LogP contribution in [0.4, 0.5) is 0 Å². The zero-order chi connectivity index (χ0) is 12.2. The Morgan fingerprint density at radius 1 is 1.31 bits per heavy atom. The first-order chi connectivity index (χ1) is 7.45. The van der Waals surface area contributed by atoms with Crippen molar-refractivity contribution >= 4 is 17.2 Å². The average Bonchev–Trinajstić information content (AvgIpc) is 2.27. The van der Waals surface area contributed by atoms with Gasteiger partial charge in [0.15, 0.2) is 0 Å². The molecule has 2 nitrogen and oxygen atoms in total. The summed E-state index contributed by atoms with van der Waals surface area (Å²) in [6, 6.07) is 8.11. The van der Waals surface area contributed by atoms with Crippen molar-refractivity contribution in [1.82, 2.24) is 0 Å². The van der Waals surface area contributed by atoms with Gasteiger partial charge in [0, 0.05) is 5.41 Å². The summed E-state index contributed by atoms with van der Waals surface area (Å²) in [5.74, 6) is 0.863. The van der Waals surface area contributed by atoms with Gasteiger partial charge in [-0.15, -0.1) is 0 Å². The van der Waals surface area contributed by atoms with Gasteiger partial charge in [-0.05, 0) is 24.1 Å². The van der Waals surface area contributed by atoms with Crippen molar-refractivity contribution in [1.29, 1.82) is 0 Å². The van der Waals surface area contributed by atoms with E-state index >= 15 is 0 Å². The first-order valence-corrected chi connectivity index (χ1v) is 5.88. The maximum Gasteiger partial charge on any atom is 0.119 e. The summed E-state index contributed by atoms with van der Waals surface area (Å²) in [5, 5.41) is 0. The Kier molecular flexibility index (Phi) is 4.30. The standard InChI is InChI=1S/C13H19NOS/c1-4-10-5-7-11(8-6-10)15-9-13(2,3)12(14)16/h5-8H,4,9H2,1-3H3,(H2,14,16). The molecule has 0 aromatic heterocycles. The van der Waals surface area contributed by atoms with Crippen LogP contribution in [0.5, 0.6) is 5.75 Å². The van der Waals surface area contributed by atoms with Crippen LogP contribution >= 0.6 is 12.2 Å². The summed E-state index contributed by atoms with van der Waals surface area (Å²) in [4.78, 5) is 0.484.